The van der Waals surface area contributed by atoms with Gasteiger partial charge < -0.3 is 14.8 Å². The molecule has 0 saturated carbocycles. The van der Waals surface area contributed by atoms with Crippen LogP contribution in [-0.4, -0.2) is 19.7 Å². The Balaban J connectivity index is 1.96. The Morgan fingerprint density at radius 2 is 2.26 bits per heavy atom. The summed E-state index contributed by atoms with van der Waals surface area (Å²) in [4.78, 5) is 8.64. The van der Waals surface area contributed by atoms with Gasteiger partial charge in [0.15, 0.2) is 6.33 Å². The van der Waals surface area contributed by atoms with E-state index in [1.54, 1.807) is 0 Å². The van der Waals surface area contributed by atoms with Crippen LogP contribution >= 0.6 is 0 Å². The highest BCUT2D eigenvalue weighted by molar-refractivity contribution is 5.79. The molecule has 0 aliphatic heterocycles. The zero-order valence-electron chi connectivity index (χ0n) is 10.7. The maximum Gasteiger partial charge on any atom is 0.228 e. The molecule has 0 spiro atoms. The maximum atomic E-state index is 5.79. The number of imidazole rings is 1. The molecular weight excluding hydrogens is 242 g/mol. The molecule has 0 fully saturated rings. The fraction of sp³-hybridized carbons (Fsp3) is 0.308. The second-order valence-electron chi connectivity index (χ2n) is 4.37. The van der Waals surface area contributed by atoms with Crippen molar-refractivity contribution in [2.24, 2.45) is 0 Å². The Hall–Kier alpha value is -2.37. The van der Waals surface area contributed by atoms with E-state index in [1.807, 2.05) is 18.2 Å². The lowest BCUT2D eigenvalue weighted by Crippen LogP contribution is -2.05. The zero-order chi connectivity index (χ0) is 13.2. The van der Waals surface area contributed by atoms with Crippen LogP contribution in [0.15, 0.2) is 29.0 Å². The normalized spacial score (nSPS) is 11.2. The first-order chi connectivity index (χ1) is 9.28. The Kier molecular flexibility index (Phi) is 2.91. The summed E-state index contributed by atoms with van der Waals surface area (Å²) in [7, 11) is 0. The van der Waals surface area contributed by atoms with Crippen molar-refractivity contribution < 1.29 is 4.52 Å². The molecule has 0 saturated heterocycles. The zero-order valence-corrected chi connectivity index (χ0v) is 10.7. The Bertz CT molecular complexity index is 686. The first-order valence-corrected chi connectivity index (χ1v) is 6.28. The number of aryl methyl sites for hydroxylation is 3. The van der Waals surface area contributed by atoms with Crippen molar-refractivity contribution in [1.82, 2.24) is 19.7 Å². The molecule has 1 aromatic carbocycles. The lowest BCUT2D eigenvalue weighted by Gasteiger charge is -2.06. The molecule has 2 heterocycles. The van der Waals surface area contributed by atoms with Crippen molar-refractivity contribution in [3.63, 3.8) is 0 Å². The smallest absolute Gasteiger partial charge is 0.228 e. The van der Waals surface area contributed by atoms with Gasteiger partial charge >= 0.3 is 0 Å². The summed E-state index contributed by atoms with van der Waals surface area (Å²) in [5.41, 5.74) is 8.55. The summed E-state index contributed by atoms with van der Waals surface area (Å²) in [5.74, 6) is 1.68. The van der Waals surface area contributed by atoms with E-state index in [0.29, 0.717) is 12.3 Å². The van der Waals surface area contributed by atoms with Gasteiger partial charge in [0, 0.05) is 25.1 Å². The second kappa shape index (κ2) is 4.72. The maximum absolute atomic E-state index is 5.79. The second-order valence-corrected chi connectivity index (χ2v) is 4.37. The number of aromatic nitrogens is 4. The molecule has 19 heavy (non-hydrogen) atoms. The van der Waals surface area contributed by atoms with E-state index in [1.165, 1.54) is 6.33 Å². The minimum Gasteiger partial charge on any atom is -0.399 e. The number of rotatable bonds is 4. The predicted molar refractivity (Wildman–Crippen MR) is 71.5 cm³/mol. The molecule has 6 heteroatoms. The Labute approximate surface area is 110 Å². The molecule has 2 N–H and O–H groups in total. The number of anilines is 1. The van der Waals surface area contributed by atoms with Crippen LogP contribution in [0.3, 0.4) is 0 Å². The van der Waals surface area contributed by atoms with Crippen LogP contribution in [0.25, 0.3) is 11.0 Å². The van der Waals surface area contributed by atoms with Gasteiger partial charge in [0.1, 0.15) is 5.82 Å². The highest BCUT2D eigenvalue weighted by Crippen LogP contribution is 2.20. The van der Waals surface area contributed by atoms with Crippen molar-refractivity contribution in [3.05, 3.63) is 36.2 Å². The lowest BCUT2D eigenvalue weighted by atomic mass is 10.3. The average molecular weight is 257 g/mol. The monoisotopic (exact) mass is 257 g/mol. The van der Waals surface area contributed by atoms with Gasteiger partial charge in [-0.2, -0.15) is 4.98 Å². The van der Waals surface area contributed by atoms with Crippen molar-refractivity contribution in [1.29, 1.82) is 0 Å². The molecule has 2 aromatic heterocycles. The van der Waals surface area contributed by atoms with Crippen LogP contribution in [0.2, 0.25) is 0 Å². The highest BCUT2D eigenvalue weighted by atomic mass is 16.5. The van der Waals surface area contributed by atoms with E-state index in [0.717, 1.165) is 35.5 Å². The summed E-state index contributed by atoms with van der Waals surface area (Å²) in [6, 6.07) is 5.80. The first-order valence-electron chi connectivity index (χ1n) is 6.28. The van der Waals surface area contributed by atoms with Crippen molar-refractivity contribution >= 4 is 16.7 Å². The molecule has 0 unspecified atom stereocenters. The third kappa shape index (κ3) is 2.16. The largest absolute Gasteiger partial charge is 0.399 e. The molecule has 0 bridgehead atoms. The molecule has 0 aliphatic rings. The van der Waals surface area contributed by atoms with E-state index in [2.05, 4.69) is 26.6 Å². The number of nitrogen functional groups attached to an aromatic ring is 1. The van der Waals surface area contributed by atoms with Gasteiger partial charge in [-0.25, -0.2) is 4.98 Å². The molecule has 0 atom stereocenters. The average Bonchev–Trinajstić information content (AvgIpc) is 3.02. The molecule has 6 nitrogen and oxygen atoms in total. The standard InChI is InChI=1S/C13H15N5O/c1-2-12-17-10-7-9(14)3-4-11(10)18(12)6-5-13-15-8-16-19-13/h3-4,7-8H,2,5-6,14H2,1H3. The summed E-state index contributed by atoms with van der Waals surface area (Å²) in [6.07, 6.45) is 2.99. The third-order valence-corrected chi connectivity index (χ3v) is 3.12. The molecular formula is C13H15N5O. The summed E-state index contributed by atoms with van der Waals surface area (Å²) in [6.45, 7) is 2.86. The van der Waals surface area contributed by atoms with Crippen LogP contribution in [0.4, 0.5) is 5.69 Å². The fourth-order valence-electron chi connectivity index (χ4n) is 2.23. The number of nitrogens with two attached hydrogens (primary N) is 1. The van der Waals surface area contributed by atoms with Crippen LogP contribution < -0.4 is 5.73 Å². The lowest BCUT2D eigenvalue weighted by molar-refractivity contribution is 0.371. The van der Waals surface area contributed by atoms with Gasteiger partial charge in [0.2, 0.25) is 5.89 Å². The fourth-order valence-corrected chi connectivity index (χ4v) is 2.23. The Morgan fingerprint density at radius 3 is 3.00 bits per heavy atom. The van der Waals surface area contributed by atoms with Crippen LogP contribution in [0, 0.1) is 0 Å². The van der Waals surface area contributed by atoms with Gasteiger partial charge in [-0.1, -0.05) is 12.1 Å². The Morgan fingerprint density at radius 1 is 1.37 bits per heavy atom. The first kappa shape index (κ1) is 11.7. The molecule has 3 aromatic rings. The van der Waals surface area contributed by atoms with E-state index in [9.17, 15) is 0 Å². The van der Waals surface area contributed by atoms with E-state index >= 15 is 0 Å². The minimum absolute atomic E-state index is 0.638. The molecule has 0 aliphatic carbocycles. The van der Waals surface area contributed by atoms with Gasteiger partial charge in [-0.05, 0) is 18.2 Å². The minimum atomic E-state index is 0.638. The van der Waals surface area contributed by atoms with Crippen LogP contribution in [0.1, 0.15) is 18.6 Å². The van der Waals surface area contributed by atoms with Crippen molar-refractivity contribution in [3.8, 4) is 0 Å². The van der Waals surface area contributed by atoms with Gasteiger partial charge in [-0.15, -0.1) is 0 Å². The summed E-state index contributed by atoms with van der Waals surface area (Å²) in [5, 5.41) is 3.61. The van der Waals surface area contributed by atoms with Crippen LogP contribution in [0.5, 0.6) is 0 Å². The molecule has 98 valence electrons. The summed E-state index contributed by atoms with van der Waals surface area (Å²) < 4.78 is 7.20. The quantitative estimate of drug-likeness (QED) is 0.721. The number of fused-ring (bicyclic) bond motifs is 1. The molecule has 0 radical (unpaired) electrons. The molecule has 3 rings (SSSR count). The van der Waals surface area contributed by atoms with Gasteiger partial charge in [0.25, 0.3) is 0 Å². The predicted octanol–water partition coefficient (Wildman–Crippen LogP) is 1.81. The van der Waals surface area contributed by atoms with Crippen LogP contribution in [-0.2, 0) is 19.4 Å². The van der Waals surface area contributed by atoms with Crippen molar-refractivity contribution in [2.45, 2.75) is 26.3 Å². The van der Waals surface area contributed by atoms with Gasteiger partial charge in [-0.3, -0.25) is 0 Å². The van der Waals surface area contributed by atoms with E-state index in [-0.39, 0.29) is 0 Å². The van der Waals surface area contributed by atoms with Crippen molar-refractivity contribution in [2.75, 3.05) is 5.73 Å². The number of nitrogens with zero attached hydrogens (tertiary/aromatic N) is 4. The van der Waals surface area contributed by atoms with E-state index < -0.39 is 0 Å². The number of benzene rings is 1. The number of hydrogen-bond acceptors (Lipinski definition) is 5. The van der Waals surface area contributed by atoms with E-state index in [4.69, 9.17) is 10.3 Å². The van der Waals surface area contributed by atoms with Gasteiger partial charge in [0.05, 0.1) is 11.0 Å². The molecule has 0 amide bonds. The topological polar surface area (TPSA) is 82.8 Å². The number of hydrogen-bond donors (Lipinski definition) is 1. The summed E-state index contributed by atoms with van der Waals surface area (Å²) >= 11 is 0. The SMILES string of the molecule is CCc1nc2cc(N)ccc2n1CCc1ncno1. The third-order valence-electron chi connectivity index (χ3n) is 3.12. The highest BCUT2D eigenvalue weighted by Gasteiger charge is 2.10.